The Morgan fingerprint density at radius 1 is 1.20 bits per heavy atom. The highest BCUT2D eigenvalue weighted by atomic mass is 15.2. The number of likely N-dealkylation sites (tertiary alicyclic amines) is 1. The van der Waals surface area contributed by atoms with Crippen LogP contribution >= 0.6 is 0 Å². The lowest BCUT2D eigenvalue weighted by Gasteiger charge is -2.39. The minimum absolute atomic E-state index is 0.352. The first-order chi connectivity index (χ1) is 9.43. The van der Waals surface area contributed by atoms with Crippen LogP contribution in [0.15, 0.2) is 0 Å². The molecule has 1 N–H and O–H groups in total. The molecule has 1 saturated carbocycles. The van der Waals surface area contributed by atoms with Crippen LogP contribution in [0, 0.1) is 23.2 Å². The second-order valence-electron chi connectivity index (χ2n) is 7.53. The lowest BCUT2D eigenvalue weighted by molar-refractivity contribution is 0.107. The lowest BCUT2D eigenvalue weighted by atomic mass is 9.85. The van der Waals surface area contributed by atoms with Crippen molar-refractivity contribution in [1.82, 2.24) is 10.2 Å². The number of rotatable bonds is 6. The first-order valence-electron chi connectivity index (χ1n) is 8.36. The van der Waals surface area contributed by atoms with Gasteiger partial charge in [0, 0.05) is 12.1 Å². The summed E-state index contributed by atoms with van der Waals surface area (Å²) in [5, 5.41) is 13.0. The SMILES string of the molecule is CC(C)C1CCN(C(C)CC(C)(C#N)NC2CC2)CC1. The molecule has 0 spiro atoms. The molecule has 114 valence electrons. The van der Waals surface area contributed by atoms with Crippen LogP contribution in [0.2, 0.25) is 0 Å². The molecule has 0 amide bonds. The fraction of sp³-hybridized carbons (Fsp3) is 0.941. The number of hydrogen-bond donors (Lipinski definition) is 1. The lowest BCUT2D eigenvalue weighted by Crippen LogP contribution is -2.49. The van der Waals surface area contributed by atoms with Gasteiger partial charge in [-0.05, 0) is 70.9 Å². The van der Waals surface area contributed by atoms with Crippen LogP contribution in [0.4, 0.5) is 0 Å². The average Bonchev–Trinajstić information content (AvgIpc) is 3.22. The number of hydrogen-bond acceptors (Lipinski definition) is 3. The largest absolute Gasteiger partial charge is 0.301 e. The monoisotopic (exact) mass is 277 g/mol. The van der Waals surface area contributed by atoms with E-state index < -0.39 is 0 Å². The topological polar surface area (TPSA) is 39.1 Å². The minimum Gasteiger partial charge on any atom is -0.301 e. The third-order valence-electron chi connectivity index (χ3n) is 5.19. The maximum Gasteiger partial charge on any atom is 0.105 e. The summed E-state index contributed by atoms with van der Waals surface area (Å²) in [4.78, 5) is 2.59. The smallest absolute Gasteiger partial charge is 0.105 e. The van der Waals surface area contributed by atoms with Crippen molar-refractivity contribution < 1.29 is 0 Å². The molecule has 0 aromatic carbocycles. The molecule has 2 aliphatic rings. The predicted molar refractivity (Wildman–Crippen MR) is 83.4 cm³/mol. The van der Waals surface area contributed by atoms with Gasteiger partial charge in [0.05, 0.1) is 6.07 Å². The third-order valence-corrected chi connectivity index (χ3v) is 5.19. The zero-order valence-corrected chi connectivity index (χ0v) is 13.7. The Hall–Kier alpha value is -0.590. The van der Waals surface area contributed by atoms with E-state index in [-0.39, 0.29) is 5.54 Å². The molecule has 1 saturated heterocycles. The molecule has 2 unspecified atom stereocenters. The molecule has 0 aromatic heterocycles. The molecule has 20 heavy (non-hydrogen) atoms. The second-order valence-corrected chi connectivity index (χ2v) is 7.53. The number of piperidine rings is 1. The minimum atomic E-state index is -0.352. The first-order valence-corrected chi connectivity index (χ1v) is 8.36. The van der Waals surface area contributed by atoms with Crippen LogP contribution in [0.5, 0.6) is 0 Å². The van der Waals surface area contributed by atoms with Crippen molar-refractivity contribution in [2.24, 2.45) is 11.8 Å². The van der Waals surface area contributed by atoms with E-state index in [0.29, 0.717) is 12.1 Å². The molecule has 0 aromatic rings. The summed E-state index contributed by atoms with van der Waals surface area (Å²) in [5.74, 6) is 1.71. The van der Waals surface area contributed by atoms with Gasteiger partial charge in [-0.15, -0.1) is 0 Å². The van der Waals surface area contributed by atoms with Crippen LogP contribution in [-0.2, 0) is 0 Å². The molecule has 1 aliphatic carbocycles. The van der Waals surface area contributed by atoms with Gasteiger partial charge >= 0.3 is 0 Å². The average molecular weight is 277 g/mol. The summed E-state index contributed by atoms with van der Waals surface area (Å²) < 4.78 is 0. The number of nitriles is 1. The Balaban J connectivity index is 1.82. The van der Waals surface area contributed by atoms with Crippen molar-refractivity contribution in [2.45, 2.75) is 77.4 Å². The highest BCUT2D eigenvalue weighted by Crippen LogP contribution is 2.29. The number of nitrogens with zero attached hydrogens (tertiary/aromatic N) is 2. The van der Waals surface area contributed by atoms with Crippen molar-refractivity contribution in [1.29, 1.82) is 5.26 Å². The molecule has 1 heterocycles. The van der Waals surface area contributed by atoms with Gasteiger partial charge in [0.2, 0.25) is 0 Å². The van der Waals surface area contributed by atoms with E-state index in [1.165, 1.54) is 38.8 Å². The van der Waals surface area contributed by atoms with Crippen molar-refractivity contribution in [3.63, 3.8) is 0 Å². The standard InChI is InChI=1S/C17H31N3/c1-13(2)15-7-9-20(10-8-15)14(3)11-17(4,12-18)19-16-5-6-16/h13-16,19H,5-11H2,1-4H3. The first kappa shape index (κ1) is 15.8. The van der Waals surface area contributed by atoms with E-state index in [4.69, 9.17) is 0 Å². The maximum absolute atomic E-state index is 9.49. The van der Waals surface area contributed by atoms with Crippen LogP contribution in [0.3, 0.4) is 0 Å². The molecule has 2 rings (SSSR count). The molecule has 2 fully saturated rings. The zero-order chi connectivity index (χ0) is 14.8. The van der Waals surface area contributed by atoms with Gasteiger partial charge < -0.3 is 4.90 Å². The summed E-state index contributed by atoms with van der Waals surface area (Å²) >= 11 is 0. The third kappa shape index (κ3) is 4.20. The zero-order valence-electron chi connectivity index (χ0n) is 13.7. The quantitative estimate of drug-likeness (QED) is 0.810. The molecule has 3 nitrogen and oxygen atoms in total. The van der Waals surface area contributed by atoms with Crippen molar-refractivity contribution in [2.75, 3.05) is 13.1 Å². The Morgan fingerprint density at radius 3 is 2.25 bits per heavy atom. The van der Waals surface area contributed by atoms with E-state index in [2.05, 4.69) is 44.0 Å². The van der Waals surface area contributed by atoms with E-state index in [9.17, 15) is 5.26 Å². The van der Waals surface area contributed by atoms with Gasteiger partial charge in [0.1, 0.15) is 5.54 Å². The maximum atomic E-state index is 9.49. The Labute approximate surface area is 124 Å². The second kappa shape index (κ2) is 6.45. The predicted octanol–water partition coefficient (Wildman–Crippen LogP) is 3.17. The number of nitrogens with one attached hydrogen (secondary N) is 1. The van der Waals surface area contributed by atoms with Crippen molar-refractivity contribution in [3.8, 4) is 6.07 Å². The Morgan fingerprint density at radius 2 is 1.80 bits per heavy atom. The van der Waals surface area contributed by atoms with Gasteiger partial charge in [0.15, 0.2) is 0 Å². The molecule has 3 heteroatoms. The van der Waals surface area contributed by atoms with Crippen molar-refractivity contribution in [3.05, 3.63) is 0 Å². The van der Waals surface area contributed by atoms with Crippen LogP contribution in [-0.4, -0.2) is 35.6 Å². The van der Waals surface area contributed by atoms with Gasteiger partial charge in [0.25, 0.3) is 0 Å². The van der Waals surface area contributed by atoms with Crippen LogP contribution in [0.25, 0.3) is 0 Å². The fourth-order valence-electron chi connectivity index (χ4n) is 3.56. The van der Waals surface area contributed by atoms with Gasteiger partial charge in [-0.25, -0.2) is 0 Å². The van der Waals surface area contributed by atoms with Gasteiger partial charge in [-0.3, -0.25) is 5.32 Å². The van der Waals surface area contributed by atoms with Crippen LogP contribution in [0.1, 0.15) is 59.8 Å². The normalized spacial score (nSPS) is 26.2. The van der Waals surface area contributed by atoms with Crippen molar-refractivity contribution >= 4 is 0 Å². The molecular weight excluding hydrogens is 246 g/mol. The Bertz CT molecular complexity index is 348. The fourth-order valence-corrected chi connectivity index (χ4v) is 3.56. The molecule has 0 radical (unpaired) electrons. The van der Waals surface area contributed by atoms with E-state index in [1.807, 2.05) is 0 Å². The summed E-state index contributed by atoms with van der Waals surface area (Å²) in [7, 11) is 0. The highest BCUT2D eigenvalue weighted by molar-refractivity contribution is 5.08. The molecular formula is C17H31N3. The van der Waals surface area contributed by atoms with Crippen LogP contribution < -0.4 is 5.32 Å². The summed E-state index contributed by atoms with van der Waals surface area (Å²) in [5.41, 5.74) is -0.352. The van der Waals surface area contributed by atoms with E-state index in [1.54, 1.807) is 0 Å². The molecule has 0 bridgehead atoms. The highest BCUT2D eigenvalue weighted by Gasteiger charge is 2.35. The van der Waals surface area contributed by atoms with Gasteiger partial charge in [-0.1, -0.05) is 13.8 Å². The van der Waals surface area contributed by atoms with Gasteiger partial charge in [-0.2, -0.15) is 5.26 Å². The molecule has 1 aliphatic heterocycles. The summed E-state index contributed by atoms with van der Waals surface area (Å²) in [6.07, 6.45) is 6.06. The van der Waals surface area contributed by atoms with E-state index in [0.717, 1.165) is 18.3 Å². The molecule has 2 atom stereocenters. The Kier molecular flexibility index (Phi) is 5.09. The van der Waals surface area contributed by atoms with E-state index >= 15 is 0 Å². The summed E-state index contributed by atoms with van der Waals surface area (Å²) in [6.45, 7) is 11.5. The summed E-state index contributed by atoms with van der Waals surface area (Å²) in [6, 6.07) is 3.60.